The lowest BCUT2D eigenvalue weighted by Gasteiger charge is -2.38. The highest BCUT2D eigenvalue weighted by Crippen LogP contribution is 2.25. The van der Waals surface area contributed by atoms with Gasteiger partial charge in [0.1, 0.15) is 0 Å². The fourth-order valence-corrected chi connectivity index (χ4v) is 2.73. The summed E-state index contributed by atoms with van der Waals surface area (Å²) in [5, 5.41) is 20.6. The number of aliphatic hydroxyl groups is 1. The quantitative estimate of drug-likeness (QED) is 0.666. The summed E-state index contributed by atoms with van der Waals surface area (Å²) in [5.74, 6) is 0. The van der Waals surface area contributed by atoms with E-state index >= 15 is 0 Å². The normalized spacial score (nSPS) is 16.2. The van der Waals surface area contributed by atoms with Crippen molar-refractivity contribution >= 4 is 25.0 Å². The van der Waals surface area contributed by atoms with E-state index in [2.05, 4.69) is 11.0 Å². The molecular weight excluding hydrogens is 352 g/mol. The Morgan fingerprint density at radius 3 is 2.46 bits per heavy atom. The molecule has 0 saturated carbocycles. The molecule has 0 spiro atoms. The monoisotopic (exact) mass is 385 g/mol. The number of rotatable bonds is 8. The Morgan fingerprint density at radius 1 is 1.19 bits per heavy atom. The molecule has 26 heavy (non-hydrogen) atoms. The fraction of sp³-hybridized carbons (Fsp3) is 0.684. The number of hydrogen-bond acceptors (Lipinski definition) is 5. The summed E-state index contributed by atoms with van der Waals surface area (Å²) in [4.78, 5) is 2.43. The number of nitrogens with zero attached hydrogens (tertiary/aromatic N) is 1. The number of halogens is 1. The highest BCUT2D eigenvalue weighted by molar-refractivity contribution is 6.60. The van der Waals surface area contributed by atoms with Crippen LogP contribution in [0.5, 0.6) is 0 Å². The van der Waals surface area contributed by atoms with Crippen molar-refractivity contribution in [1.29, 1.82) is 0 Å². The molecule has 0 aliphatic carbocycles. The molecular formula is C19H33BClNO4. The van der Waals surface area contributed by atoms with Gasteiger partial charge in [0.15, 0.2) is 0 Å². The lowest BCUT2D eigenvalue weighted by atomic mass is 9.76. The zero-order valence-corrected chi connectivity index (χ0v) is 17.2. The van der Waals surface area contributed by atoms with E-state index in [0.29, 0.717) is 0 Å². The molecule has 2 N–H and O–H groups in total. The molecule has 0 atom stereocenters. The van der Waals surface area contributed by atoms with E-state index in [1.54, 1.807) is 27.7 Å². The van der Waals surface area contributed by atoms with Crippen LogP contribution in [-0.2, 0) is 15.8 Å². The minimum absolute atomic E-state index is 0. The standard InChI is InChI=1S/C19H32BNO4.ClH/c1-18(2,22)19(3,4)25-20(23)17-9-5-7-16(15-17)8-6-10-21-11-13-24-14-12-21;/h5,7,9,15,22-23H,6,8,10-14H2,1-4H3;1H. The van der Waals surface area contributed by atoms with E-state index in [9.17, 15) is 10.1 Å². The summed E-state index contributed by atoms with van der Waals surface area (Å²) in [6, 6.07) is 7.88. The molecule has 5 nitrogen and oxygen atoms in total. The van der Waals surface area contributed by atoms with E-state index in [1.165, 1.54) is 5.56 Å². The van der Waals surface area contributed by atoms with Crippen molar-refractivity contribution in [2.45, 2.75) is 51.7 Å². The van der Waals surface area contributed by atoms with Crippen LogP contribution in [0.25, 0.3) is 0 Å². The van der Waals surface area contributed by atoms with Gasteiger partial charge in [-0.3, -0.25) is 4.90 Å². The fourth-order valence-electron chi connectivity index (χ4n) is 2.73. The second kappa shape index (κ2) is 10.1. The number of morpholine rings is 1. The Kier molecular flexibility index (Phi) is 9.06. The van der Waals surface area contributed by atoms with Crippen molar-refractivity contribution in [2.75, 3.05) is 32.8 Å². The van der Waals surface area contributed by atoms with Gasteiger partial charge < -0.3 is 19.5 Å². The Hall–Kier alpha value is -0.625. The van der Waals surface area contributed by atoms with Gasteiger partial charge in [0.25, 0.3) is 0 Å². The topological polar surface area (TPSA) is 62.2 Å². The first-order valence-electron chi connectivity index (χ1n) is 9.16. The van der Waals surface area contributed by atoms with E-state index in [4.69, 9.17) is 9.39 Å². The molecule has 7 heteroatoms. The van der Waals surface area contributed by atoms with Crippen molar-refractivity contribution in [3.63, 3.8) is 0 Å². The highest BCUT2D eigenvalue weighted by Gasteiger charge is 2.39. The zero-order chi connectivity index (χ0) is 18.5. The van der Waals surface area contributed by atoms with Crippen molar-refractivity contribution in [1.82, 2.24) is 4.90 Å². The molecule has 1 fully saturated rings. The van der Waals surface area contributed by atoms with Crippen LogP contribution in [0.1, 0.15) is 39.7 Å². The number of ether oxygens (including phenoxy) is 1. The van der Waals surface area contributed by atoms with Gasteiger partial charge >= 0.3 is 7.12 Å². The molecule has 148 valence electrons. The van der Waals surface area contributed by atoms with Crippen LogP contribution in [0.4, 0.5) is 0 Å². The maximum absolute atomic E-state index is 10.4. The largest absolute Gasteiger partial charge is 0.491 e. The van der Waals surface area contributed by atoms with E-state index < -0.39 is 18.3 Å². The van der Waals surface area contributed by atoms with Crippen molar-refractivity contribution in [3.8, 4) is 0 Å². The minimum atomic E-state index is -1.05. The number of aryl methyl sites for hydroxylation is 1. The van der Waals surface area contributed by atoms with E-state index in [0.717, 1.165) is 51.2 Å². The number of benzene rings is 1. The third-order valence-corrected chi connectivity index (χ3v) is 5.16. The van der Waals surface area contributed by atoms with Crippen LogP contribution in [-0.4, -0.2) is 66.2 Å². The van der Waals surface area contributed by atoms with Crippen LogP contribution in [0.15, 0.2) is 24.3 Å². The Bertz CT molecular complexity index is 545. The predicted octanol–water partition coefficient (Wildman–Crippen LogP) is 1.63. The number of hydrogen-bond donors (Lipinski definition) is 2. The molecule has 0 aromatic heterocycles. The van der Waals surface area contributed by atoms with Gasteiger partial charge in [-0.25, -0.2) is 0 Å². The maximum atomic E-state index is 10.4. The summed E-state index contributed by atoms with van der Waals surface area (Å²) in [6.45, 7) is 11.7. The molecule has 1 aliphatic rings. The highest BCUT2D eigenvalue weighted by atomic mass is 35.5. The van der Waals surface area contributed by atoms with Crippen LogP contribution >= 0.6 is 12.4 Å². The second-order valence-corrected chi connectivity index (χ2v) is 7.84. The Labute approximate surface area is 164 Å². The molecule has 0 radical (unpaired) electrons. The van der Waals surface area contributed by atoms with Gasteiger partial charge in [-0.15, -0.1) is 12.4 Å². The maximum Gasteiger partial charge on any atom is 0.491 e. The molecule has 1 aliphatic heterocycles. The van der Waals surface area contributed by atoms with Crippen LogP contribution in [0.2, 0.25) is 0 Å². The first-order chi connectivity index (χ1) is 11.7. The van der Waals surface area contributed by atoms with Gasteiger partial charge in [-0.1, -0.05) is 24.3 Å². The summed E-state index contributed by atoms with van der Waals surface area (Å²) in [5.41, 5.74) is -0.00153. The van der Waals surface area contributed by atoms with Crippen molar-refractivity contribution in [3.05, 3.63) is 29.8 Å². The van der Waals surface area contributed by atoms with Gasteiger partial charge in [0.05, 0.1) is 24.4 Å². The first kappa shape index (κ1) is 23.4. The zero-order valence-electron chi connectivity index (χ0n) is 16.4. The second-order valence-electron chi connectivity index (χ2n) is 7.84. The van der Waals surface area contributed by atoms with Crippen LogP contribution < -0.4 is 5.46 Å². The molecule has 1 aromatic rings. The average Bonchev–Trinajstić information content (AvgIpc) is 2.55. The SMILES string of the molecule is CC(C)(O)C(C)(C)OB(O)c1cccc(CCCN2CCOCC2)c1.Cl. The smallest absolute Gasteiger partial charge is 0.423 e. The Morgan fingerprint density at radius 2 is 1.85 bits per heavy atom. The van der Waals surface area contributed by atoms with Crippen molar-refractivity contribution in [2.24, 2.45) is 0 Å². The van der Waals surface area contributed by atoms with Crippen LogP contribution in [0.3, 0.4) is 0 Å². The van der Waals surface area contributed by atoms with Gasteiger partial charge in [-0.05, 0) is 58.1 Å². The molecule has 1 aromatic carbocycles. The lowest BCUT2D eigenvalue weighted by Crippen LogP contribution is -2.53. The summed E-state index contributed by atoms with van der Waals surface area (Å²) >= 11 is 0. The Balaban J connectivity index is 0.00000338. The van der Waals surface area contributed by atoms with Gasteiger partial charge in [0.2, 0.25) is 0 Å². The first-order valence-corrected chi connectivity index (χ1v) is 9.16. The molecule has 0 bridgehead atoms. The summed E-state index contributed by atoms with van der Waals surface area (Å²) in [6.07, 6.45) is 2.04. The molecule has 0 unspecified atom stereocenters. The van der Waals surface area contributed by atoms with Crippen molar-refractivity contribution < 1.29 is 19.5 Å². The van der Waals surface area contributed by atoms with E-state index in [-0.39, 0.29) is 12.4 Å². The minimum Gasteiger partial charge on any atom is -0.423 e. The summed E-state index contributed by atoms with van der Waals surface area (Å²) in [7, 11) is -1.05. The molecule has 0 amide bonds. The predicted molar refractivity (Wildman–Crippen MR) is 108 cm³/mol. The average molecular weight is 386 g/mol. The molecule has 2 rings (SSSR count). The summed E-state index contributed by atoms with van der Waals surface area (Å²) < 4.78 is 11.1. The third-order valence-electron chi connectivity index (χ3n) is 5.16. The van der Waals surface area contributed by atoms with Crippen LogP contribution in [0, 0.1) is 0 Å². The molecule has 1 heterocycles. The lowest BCUT2D eigenvalue weighted by molar-refractivity contribution is -0.0982. The van der Waals surface area contributed by atoms with Gasteiger partial charge in [0, 0.05) is 13.1 Å². The van der Waals surface area contributed by atoms with Gasteiger partial charge in [-0.2, -0.15) is 0 Å². The van der Waals surface area contributed by atoms with E-state index in [1.807, 2.05) is 18.2 Å². The molecule has 1 saturated heterocycles. The third kappa shape index (κ3) is 6.84.